The van der Waals surface area contributed by atoms with Gasteiger partial charge in [-0.3, -0.25) is 4.79 Å². The number of hydrogen-bond donors (Lipinski definition) is 0. The van der Waals surface area contributed by atoms with E-state index >= 15 is 0 Å². The third kappa shape index (κ3) is 4.49. The Balaban J connectivity index is 1.59. The molecule has 0 radical (unpaired) electrons. The Morgan fingerprint density at radius 3 is 2.28 bits per heavy atom. The molecule has 0 N–H and O–H groups in total. The number of hydrogen-bond acceptors (Lipinski definition) is 3. The third-order valence-corrected chi connectivity index (χ3v) is 5.10. The number of rotatable bonds is 6. The van der Waals surface area contributed by atoms with Gasteiger partial charge in [0.05, 0.1) is 13.2 Å². The zero-order valence-corrected chi connectivity index (χ0v) is 15.2. The smallest absolute Gasteiger partial charge is 0.162 e. The largest absolute Gasteiger partial charge is 0.378 e. The number of carbonyl (C=O) groups excluding carboxylic acids is 1. The minimum absolute atomic E-state index is 0.00462. The van der Waals surface area contributed by atoms with E-state index in [0.29, 0.717) is 6.42 Å². The number of nitrogens with zero attached hydrogens (tertiary/aromatic N) is 1. The molecule has 1 fully saturated rings. The van der Waals surface area contributed by atoms with E-state index in [1.807, 2.05) is 18.2 Å². The van der Waals surface area contributed by atoms with E-state index in [1.165, 1.54) is 11.3 Å². The topological polar surface area (TPSA) is 29.5 Å². The van der Waals surface area contributed by atoms with Gasteiger partial charge in [0, 0.05) is 30.8 Å². The van der Waals surface area contributed by atoms with Crippen molar-refractivity contribution >= 4 is 11.5 Å². The molecule has 1 aliphatic heterocycles. The maximum Gasteiger partial charge on any atom is 0.162 e. The van der Waals surface area contributed by atoms with Crippen molar-refractivity contribution in [1.29, 1.82) is 0 Å². The SMILES string of the molecule is CC(C)(CCC(=O)c1ccc(N2CCOCC2)cc1)c1ccccc1. The van der Waals surface area contributed by atoms with Crippen molar-refractivity contribution in [3.8, 4) is 0 Å². The molecule has 0 aromatic heterocycles. The first-order chi connectivity index (χ1) is 12.1. The summed E-state index contributed by atoms with van der Waals surface area (Å²) in [6.07, 6.45) is 1.42. The summed E-state index contributed by atoms with van der Waals surface area (Å²) in [5, 5.41) is 0. The fourth-order valence-electron chi connectivity index (χ4n) is 3.28. The summed E-state index contributed by atoms with van der Waals surface area (Å²) >= 11 is 0. The molecule has 1 aliphatic rings. The molecule has 2 aromatic rings. The number of Topliss-reactive ketones (excluding diaryl/α,β-unsaturated/α-hetero) is 1. The summed E-state index contributed by atoms with van der Waals surface area (Å²) < 4.78 is 5.39. The van der Waals surface area contributed by atoms with Crippen LogP contribution in [0.5, 0.6) is 0 Å². The predicted molar refractivity (Wildman–Crippen MR) is 103 cm³/mol. The number of carbonyl (C=O) groups is 1. The first-order valence-corrected chi connectivity index (χ1v) is 9.08. The molecule has 0 atom stereocenters. The van der Waals surface area contributed by atoms with Crippen molar-refractivity contribution in [3.05, 3.63) is 65.7 Å². The summed E-state index contributed by atoms with van der Waals surface area (Å²) in [5.74, 6) is 0.220. The van der Waals surface area contributed by atoms with Gasteiger partial charge in [-0.1, -0.05) is 44.2 Å². The van der Waals surface area contributed by atoms with Gasteiger partial charge in [-0.15, -0.1) is 0 Å². The molecule has 1 saturated heterocycles. The molecule has 2 aromatic carbocycles. The quantitative estimate of drug-likeness (QED) is 0.729. The van der Waals surface area contributed by atoms with Crippen molar-refractivity contribution in [2.24, 2.45) is 0 Å². The first kappa shape index (κ1) is 17.7. The van der Waals surface area contributed by atoms with Gasteiger partial charge in [-0.2, -0.15) is 0 Å². The van der Waals surface area contributed by atoms with E-state index in [4.69, 9.17) is 4.74 Å². The highest BCUT2D eigenvalue weighted by molar-refractivity contribution is 5.96. The Bertz CT molecular complexity index is 686. The van der Waals surface area contributed by atoms with E-state index in [1.54, 1.807) is 0 Å². The molecule has 0 saturated carbocycles. The average Bonchev–Trinajstić information content (AvgIpc) is 2.68. The van der Waals surface area contributed by atoms with Crippen LogP contribution in [-0.4, -0.2) is 32.1 Å². The van der Waals surface area contributed by atoms with Crippen LogP contribution in [0.2, 0.25) is 0 Å². The third-order valence-electron chi connectivity index (χ3n) is 5.10. The summed E-state index contributed by atoms with van der Waals surface area (Å²) in [7, 11) is 0. The Kier molecular flexibility index (Phi) is 5.54. The molecule has 0 bridgehead atoms. The lowest BCUT2D eigenvalue weighted by molar-refractivity contribution is 0.0972. The van der Waals surface area contributed by atoms with Gasteiger partial charge in [0.2, 0.25) is 0 Å². The van der Waals surface area contributed by atoms with Gasteiger partial charge in [0.25, 0.3) is 0 Å². The van der Waals surface area contributed by atoms with E-state index < -0.39 is 0 Å². The van der Waals surface area contributed by atoms with E-state index in [2.05, 4.69) is 55.1 Å². The first-order valence-electron chi connectivity index (χ1n) is 9.08. The van der Waals surface area contributed by atoms with E-state index in [-0.39, 0.29) is 11.2 Å². The molecule has 132 valence electrons. The molecule has 0 unspecified atom stereocenters. The minimum Gasteiger partial charge on any atom is -0.378 e. The van der Waals surface area contributed by atoms with Crippen molar-refractivity contribution in [3.63, 3.8) is 0 Å². The highest BCUT2D eigenvalue weighted by Gasteiger charge is 2.22. The van der Waals surface area contributed by atoms with Crippen molar-refractivity contribution in [2.45, 2.75) is 32.1 Å². The second-order valence-corrected chi connectivity index (χ2v) is 7.32. The molecule has 3 rings (SSSR count). The zero-order valence-electron chi connectivity index (χ0n) is 15.2. The number of benzene rings is 2. The number of ether oxygens (including phenoxy) is 1. The molecule has 0 spiro atoms. The van der Waals surface area contributed by atoms with E-state index in [0.717, 1.165) is 38.3 Å². The van der Waals surface area contributed by atoms with Crippen LogP contribution >= 0.6 is 0 Å². The number of anilines is 1. The summed E-state index contributed by atoms with van der Waals surface area (Å²) in [6.45, 7) is 7.79. The summed E-state index contributed by atoms with van der Waals surface area (Å²) in [4.78, 5) is 14.9. The lowest BCUT2D eigenvalue weighted by Gasteiger charge is -2.29. The number of morpholine rings is 1. The van der Waals surface area contributed by atoms with Crippen LogP contribution in [0, 0.1) is 0 Å². The van der Waals surface area contributed by atoms with Crippen LogP contribution in [0.15, 0.2) is 54.6 Å². The van der Waals surface area contributed by atoms with Gasteiger partial charge in [0.15, 0.2) is 5.78 Å². The highest BCUT2D eigenvalue weighted by Crippen LogP contribution is 2.29. The second-order valence-electron chi connectivity index (χ2n) is 7.32. The van der Waals surface area contributed by atoms with Crippen LogP contribution in [0.25, 0.3) is 0 Å². The van der Waals surface area contributed by atoms with Crippen LogP contribution in [0.3, 0.4) is 0 Å². The maximum absolute atomic E-state index is 12.6. The minimum atomic E-state index is 0.00462. The lowest BCUT2D eigenvalue weighted by atomic mass is 9.79. The van der Waals surface area contributed by atoms with Crippen molar-refractivity contribution in [1.82, 2.24) is 0 Å². The van der Waals surface area contributed by atoms with Gasteiger partial charge < -0.3 is 9.64 Å². The molecule has 1 heterocycles. The van der Waals surface area contributed by atoms with Crippen molar-refractivity contribution < 1.29 is 9.53 Å². The summed E-state index contributed by atoms with van der Waals surface area (Å²) in [5.41, 5.74) is 3.26. The Morgan fingerprint density at radius 1 is 1.00 bits per heavy atom. The zero-order chi connectivity index (χ0) is 17.7. The monoisotopic (exact) mass is 337 g/mol. The second kappa shape index (κ2) is 7.83. The fourth-order valence-corrected chi connectivity index (χ4v) is 3.28. The molecule has 0 amide bonds. The molecular weight excluding hydrogens is 310 g/mol. The Morgan fingerprint density at radius 2 is 1.64 bits per heavy atom. The van der Waals surface area contributed by atoms with Gasteiger partial charge >= 0.3 is 0 Å². The Hall–Kier alpha value is -2.13. The molecular formula is C22H27NO2. The normalized spacial score (nSPS) is 15.2. The van der Waals surface area contributed by atoms with Crippen LogP contribution < -0.4 is 4.90 Å². The highest BCUT2D eigenvalue weighted by atomic mass is 16.5. The average molecular weight is 337 g/mol. The summed E-state index contributed by atoms with van der Waals surface area (Å²) in [6, 6.07) is 18.5. The van der Waals surface area contributed by atoms with Crippen LogP contribution in [-0.2, 0) is 10.2 Å². The molecule has 0 aliphatic carbocycles. The van der Waals surface area contributed by atoms with Gasteiger partial charge in [0.1, 0.15) is 0 Å². The fraction of sp³-hybridized carbons (Fsp3) is 0.409. The Labute approximate surface area is 150 Å². The lowest BCUT2D eigenvalue weighted by Crippen LogP contribution is -2.36. The van der Waals surface area contributed by atoms with Crippen LogP contribution in [0.4, 0.5) is 5.69 Å². The molecule has 3 heteroatoms. The van der Waals surface area contributed by atoms with Crippen LogP contribution in [0.1, 0.15) is 42.6 Å². The predicted octanol–water partition coefficient (Wildman–Crippen LogP) is 4.46. The van der Waals surface area contributed by atoms with Gasteiger partial charge in [-0.25, -0.2) is 0 Å². The van der Waals surface area contributed by atoms with E-state index in [9.17, 15) is 4.79 Å². The number of ketones is 1. The molecule has 25 heavy (non-hydrogen) atoms. The standard InChI is InChI=1S/C22H27NO2/c1-22(2,19-6-4-3-5-7-19)13-12-21(24)18-8-10-20(11-9-18)23-14-16-25-17-15-23/h3-11H,12-17H2,1-2H3. The van der Waals surface area contributed by atoms with Gasteiger partial charge in [-0.05, 0) is 41.7 Å². The van der Waals surface area contributed by atoms with Crippen molar-refractivity contribution in [2.75, 3.05) is 31.2 Å². The molecule has 3 nitrogen and oxygen atoms in total. The maximum atomic E-state index is 12.6.